The molecule has 0 saturated carbocycles. The summed E-state index contributed by atoms with van der Waals surface area (Å²) >= 11 is 0. The van der Waals surface area contributed by atoms with E-state index in [1.54, 1.807) is 0 Å². The van der Waals surface area contributed by atoms with Crippen molar-refractivity contribution in [3.8, 4) is 117 Å². The number of rotatable bonds is 11. The normalized spacial score (nSPS) is 12.8. The average molecular weight is 1680 g/mol. The predicted octanol–water partition coefficient (Wildman–Crippen LogP) is 34.0. The smallest absolute Gasteiger partial charge is 0.143 e. The highest BCUT2D eigenvalue weighted by Gasteiger charge is 2.53. The molecule has 616 valence electrons. The number of nitrogens with zero attached hydrogens (tertiary/aromatic N) is 3. The molecule has 0 atom stereocenters. The minimum Gasteiger partial charge on any atom is -0.455 e. The van der Waals surface area contributed by atoms with Gasteiger partial charge in [-0.15, -0.1) is 0 Å². The summed E-state index contributed by atoms with van der Waals surface area (Å²) in [5.41, 5.74) is 45.9. The van der Waals surface area contributed by atoms with Gasteiger partial charge in [-0.05, 0) is 242 Å². The molecule has 0 bridgehead atoms. The molecule has 0 aliphatic heterocycles. The fourth-order valence-electron chi connectivity index (χ4n) is 22.9. The Balaban J connectivity index is 0.000000139. The van der Waals surface area contributed by atoms with E-state index in [9.17, 15) is 0 Å². The van der Waals surface area contributed by atoms with Gasteiger partial charge in [-0.25, -0.2) is 0 Å². The van der Waals surface area contributed by atoms with E-state index in [-0.39, 0.29) is 0 Å². The largest absolute Gasteiger partial charge is 0.455 e. The number of furan rings is 1. The van der Waals surface area contributed by atoms with Crippen molar-refractivity contribution in [1.82, 2.24) is 4.57 Å². The third-order valence-electron chi connectivity index (χ3n) is 28.4. The lowest BCUT2D eigenvalue weighted by Gasteiger charge is -2.35. The molecule has 2 heterocycles. The van der Waals surface area contributed by atoms with E-state index in [0.29, 0.717) is 0 Å². The lowest BCUT2D eigenvalue weighted by Crippen LogP contribution is -2.29. The number of aromatic nitrogens is 1. The van der Waals surface area contributed by atoms with Crippen LogP contribution in [0.15, 0.2) is 508 Å². The second-order valence-electron chi connectivity index (χ2n) is 35.1. The lowest BCUT2D eigenvalue weighted by atomic mass is 9.66. The molecule has 2 spiro atoms. The second-order valence-corrected chi connectivity index (χ2v) is 35.1. The zero-order valence-electron chi connectivity index (χ0n) is 72.2. The van der Waals surface area contributed by atoms with Crippen LogP contribution in [0.25, 0.3) is 161 Å². The monoisotopic (exact) mass is 1680 g/mol. The van der Waals surface area contributed by atoms with E-state index in [1.165, 1.54) is 166 Å². The van der Waals surface area contributed by atoms with Crippen LogP contribution in [0, 0.1) is 0 Å². The number of hydrogen-bond donors (Lipinski definition) is 0. The van der Waals surface area contributed by atoms with Gasteiger partial charge in [-0.3, -0.25) is 0 Å². The van der Waals surface area contributed by atoms with Crippen LogP contribution in [0.5, 0.6) is 0 Å². The van der Waals surface area contributed by atoms with Crippen molar-refractivity contribution in [3.05, 3.63) is 548 Å². The summed E-state index contributed by atoms with van der Waals surface area (Å²) in [6.45, 7) is 0. The molecule has 21 aromatic carbocycles. The molecule has 4 nitrogen and oxygen atoms in total. The number of anilines is 6. The molecular formula is C128H83N3O. The summed E-state index contributed by atoms with van der Waals surface area (Å²) in [5, 5.41) is 4.71. The average Bonchev–Trinajstić information content (AvgIpc) is 1.51. The van der Waals surface area contributed by atoms with Crippen LogP contribution in [0.4, 0.5) is 34.1 Å². The molecule has 4 aliphatic rings. The highest BCUT2D eigenvalue weighted by atomic mass is 16.3. The molecule has 4 aliphatic carbocycles. The van der Waals surface area contributed by atoms with Gasteiger partial charge in [0.1, 0.15) is 11.2 Å². The Labute approximate surface area is 767 Å². The first kappa shape index (κ1) is 76.1. The van der Waals surface area contributed by atoms with E-state index in [0.717, 1.165) is 72.9 Å². The summed E-state index contributed by atoms with van der Waals surface area (Å²) in [6.07, 6.45) is 0. The standard InChI is InChI=1S/C67H44N2.C61H39NO/c1-3-18-45(19-4-1)46-34-38-49(39-35-46)68(51-42-43-65-59(44-51)57-26-12-16-33-64(57)69(65)48-20-5-2-6-21-48)50-40-36-47(37-41-50)52-28-17-32-63-66(52)58-27-11-15-31-62(58)67(63)60-29-13-9-24-55(60)53-22-7-8-23-54(53)56-25-10-14-30-61(56)67;1-2-16-40(17-3-1)41-32-36-43(37-33-41)62(44-38-34-42(35-39-44)45-24-14-25-51-50-22-9-13-31-58(50)63-60(45)51)57-30-15-29-56-59(57)52-23-8-12-28-55(52)61(56)53-26-10-6-20-48(53)46-18-4-5-19-47(46)49-21-7-11-27-54(49)61/h1-44H;1-39H. The minimum atomic E-state index is -0.577. The molecule has 27 rings (SSSR count). The van der Waals surface area contributed by atoms with Gasteiger partial charge >= 0.3 is 0 Å². The van der Waals surface area contributed by atoms with Gasteiger partial charge in [0.2, 0.25) is 0 Å². The molecule has 132 heavy (non-hydrogen) atoms. The predicted molar refractivity (Wildman–Crippen MR) is 549 cm³/mol. The van der Waals surface area contributed by atoms with Gasteiger partial charge in [0.05, 0.1) is 27.6 Å². The molecule has 4 heteroatoms. The van der Waals surface area contributed by atoms with Crippen molar-refractivity contribution in [1.29, 1.82) is 0 Å². The Morgan fingerprint density at radius 2 is 0.500 bits per heavy atom. The van der Waals surface area contributed by atoms with Crippen molar-refractivity contribution in [2.24, 2.45) is 0 Å². The van der Waals surface area contributed by atoms with Gasteiger partial charge in [-0.1, -0.05) is 406 Å². The van der Waals surface area contributed by atoms with Gasteiger partial charge in [0.15, 0.2) is 0 Å². The summed E-state index contributed by atoms with van der Waals surface area (Å²) in [7, 11) is 0. The highest BCUT2D eigenvalue weighted by Crippen LogP contribution is 2.66. The third-order valence-corrected chi connectivity index (χ3v) is 28.4. The van der Waals surface area contributed by atoms with Crippen molar-refractivity contribution in [2.45, 2.75) is 10.8 Å². The van der Waals surface area contributed by atoms with E-state index in [1.807, 2.05) is 6.07 Å². The van der Waals surface area contributed by atoms with Crippen LogP contribution < -0.4 is 9.80 Å². The summed E-state index contributed by atoms with van der Waals surface area (Å²) in [5.74, 6) is 0. The van der Waals surface area contributed by atoms with Crippen molar-refractivity contribution in [2.75, 3.05) is 9.80 Å². The van der Waals surface area contributed by atoms with Crippen molar-refractivity contribution in [3.63, 3.8) is 0 Å². The van der Waals surface area contributed by atoms with Crippen LogP contribution >= 0.6 is 0 Å². The van der Waals surface area contributed by atoms with E-state index >= 15 is 0 Å². The molecule has 0 saturated heterocycles. The third kappa shape index (κ3) is 11.7. The van der Waals surface area contributed by atoms with Crippen LogP contribution in [0.2, 0.25) is 0 Å². The quantitative estimate of drug-likeness (QED) is 0.129. The first-order chi connectivity index (χ1) is 65.5. The van der Waals surface area contributed by atoms with Gasteiger partial charge in [-0.2, -0.15) is 0 Å². The molecule has 2 aromatic heterocycles. The number of hydrogen-bond acceptors (Lipinski definition) is 3. The maximum absolute atomic E-state index is 6.51. The molecule has 23 aromatic rings. The Kier molecular flexibility index (Phi) is 17.8. The van der Waals surface area contributed by atoms with Crippen LogP contribution in [0.3, 0.4) is 0 Å². The molecule has 0 unspecified atom stereocenters. The van der Waals surface area contributed by atoms with E-state index < -0.39 is 10.8 Å². The molecule has 0 radical (unpaired) electrons. The molecule has 0 N–H and O–H groups in total. The Morgan fingerprint density at radius 3 is 1.00 bits per heavy atom. The maximum atomic E-state index is 6.51. The first-order valence-electron chi connectivity index (χ1n) is 45.7. The van der Waals surface area contributed by atoms with Crippen LogP contribution in [-0.4, -0.2) is 4.57 Å². The lowest BCUT2D eigenvalue weighted by molar-refractivity contribution is 0.670. The summed E-state index contributed by atoms with van der Waals surface area (Å²) < 4.78 is 8.89. The van der Waals surface area contributed by atoms with E-state index in [4.69, 9.17) is 4.42 Å². The maximum Gasteiger partial charge on any atom is 0.143 e. The SMILES string of the molecule is c1ccc(-c2ccc(N(c3ccc(-c4cccc5c4-c4ccccc4C54c5ccccc5-c5ccccc5-c5ccccc54)cc3)c3ccc4c(c3)c3ccccc3n4-c3ccccc3)cc2)cc1.c1ccc(-c2ccc(N(c3ccc(-c4cccc5c4oc4ccccc45)cc3)c3cccc4c3-c3ccccc3C43c4ccccc4-c4ccccc4-c4ccccc43)cc2)cc1. The molecular weight excluding hydrogens is 1600 g/mol. The Hall–Kier alpha value is -17.2. The molecule has 0 amide bonds. The fraction of sp³-hybridized carbons (Fsp3) is 0.0156. The second kappa shape index (κ2) is 30.8. The van der Waals surface area contributed by atoms with Gasteiger partial charge < -0.3 is 18.8 Å². The fourth-order valence-corrected chi connectivity index (χ4v) is 22.9. The summed E-state index contributed by atoms with van der Waals surface area (Å²) in [4.78, 5) is 4.86. The molecule has 0 fully saturated rings. The van der Waals surface area contributed by atoms with Crippen molar-refractivity contribution >= 4 is 77.9 Å². The summed E-state index contributed by atoms with van der Waals surface area (Å²) in [6, 6.07) is 185. The van der Waals surface area contributed by atoms with Crippen molar-refractivity contribution < 1.29 is 4.42 Å². The van der Waals surface area contributed by atoms with Crippen LogP contribution in [0.1, 0.15) is 44.5 Å². The highest BCUT2D eigenvalue weighted by molar-refractivity contribution is 6.13. The minimum absolute atomic E-state index is 0.529. The number of fused-ring (bicyclic) bond motifs is 30. The Bertz CT molecular complexity index is 8360. The zero-order chi connectivity index (χ0) is 87.0. The van der Waals surface area contributed by atoms with Gasteiger partial charge in [0.25, 0.3) is 0 Å². The van der Waals surface area contributed by atoms with Crippen LogP contribution in [-0.2, 0) is 10.8 Å². The number of benzene rings is 21. The van der Waals surface area contributed by atoms with E-state index in [2.05, 4.69) is 512 Å². The van der Waals surface area contributed by atoms with Gasteiger partial charge in [0, 0.05) is 66.8 Å². The number of para-hydroxylation sites is 4. The first-order valence-corrected chi connectivity index (χ1v) is 45.7. The zero-order valence-corrected chi connectivity index (χ0v) is 72.2. The Morgan fingerprint density at radius 1 is 0.182 bits per heavy atom. The topological polar surface area (TPSA) is 24.6 Å².